The molecule has 23 heavy (non-hydrogen) atoms. The molecule has 2 heteroatoms. The Kier molecular flexibility index (Phi) is 4.54. The van der Waals surface area contributed by atoms with E-state index in [4.69, 9.17) is 0 Å². The average molecular weight is 316 g/mol. The van der Waals surface area contributed by atoms with Gasteiger partial charge in [0.15, 0.2) is 5.78 Å². The van der Waals surface area contributed by atoms with Crippen molar-refractivity contribution >= 4 is 5.78 Å². The number of rotatable bonds is 2. The zero-order valence-electron chi connectivity index (χ0n) is 16.2. The molecule has 1 aliphatic heterocycles. The van der Waals surface area contributed by atoms with Crippen LogP contribution in [0.15, 0.2) is 24.3 Å². The van der Waals surface area contributed by atoms with Crippen LogP contribution in [0.25, 0.3) is 0 Å². The Labute approximate surface area is 142 Å². The molecule has 1 aromatic carbocycles. The van der Waals surface area contributed by atoms with Gasteiger partial charge in [-0.3, -0.25) is 9.69 Å². The molecule has 1 saturated heterocycles. The molecule has 128 valence electrons. The molecule has 1 aromatic rings. The predicted molar refractivity (Wildman–Crippen MR) is 98.1 cm³/mol. The lowest BCUT2D eigenvalue weighted by Gasteiger charge is -2.53. The lowest BCUT2D eigenvalue weighted by atomic mass is 9.70. The van der Waals surface area contributed by atoms with E-state index in [0.717, 1.165) is 18.4 Å². The first-order chi connectivity index (χ1) is 10.4. The first-order valence-electron chi connectivity index (χ1n) is 8.74. The van der Waals surface area contributed by atoms with Gasteiger partial charge in [0.25, 0.3) is 0 Å². The van der Waals surface area contributed by atoms with Crippen LogP contribution >= 0.6 is 0 Å². The lowest BCUT2D eigenvalue weighted by molar-refractivity contribution is -0.0244. The summed E-state index contributed by atoms with van der Waals surface area (Å²) in [5, 5.41) is 0. The van der Waals surface area contributed by atoms with Crippen LogP contribution in [0, 0.1) is 5.92 Å². The molecule has 2 rings (SSSR count). The van der Waals surface area contributed by atoms with E-state index in [1.165, 1.54) is 5.56 Å². The van der Waals surface area contributed by atoms with Crippen LogP contribution in [0.3, 0.4) is 0 Å². The van der Waals surface area contributed by atoms with Crippen molar-refractivity contribution in [1.29, 1.82) is 0 Å². The molecule has 1 fully saturated rings. The number of carbonyl (C=O) groups is 1. The summed E-state index contributed by atoms with van der Waals surface area (Å²) < 4.78 is 0. The van der Waals surface area contributed by atoms with Gasteiger partial charge in [0, 0.05) is 22.6 Å². The number of ketones is 1. The lowest BCUT2D eigenvalue weighted by Crippen LogP contribution is -2.59. The fraction of sp³-hybridized carbons (Fsp3) is 0.667. The van der Waals surface area contributed by atoms with Gasteiger partial charge in [0.2, 0.25) is 0 Å². The highest BCUT2D eigenvalue weighted by Crippen LogP contribution is 2.42. The van der Waals surface area contributed by atoms with Crippen LogP contribution in [0.2, 0.25) is 0 Å². The Bertz CT molecular complexity index is 574. The topological polar surface area (TPSA) is 20.3 Å². The number of nitrogens with zero attached hydrogens (tertiary/aromatic N) is 1. The molecular weight excluding hydrogens is 282 g/mol. The van der Waals surface area contributed by atoms with Gasteiger partial charge in [-0.2, -0.15) is 0 Å². The van der Waals surface area contributed by atoms with E-state index in [1.807, 2.05) is 18.2 Å². The molecule has 0 saturated carbocycles. The molecular formula is C21H33NO. The number of benzene rings is 1. The smallest absolute Gasteiger partial charge is 0.166 e. The van der Waals surface area contributed by atoms with Crippen LogP contribution in [-0.2, 0) is 5.41 Å². The van der Waals surface area contributed by atoms with E-state index in [1.54, 1.807) is 0 Å². The van der Waals surface area contributed by atoms with Crippen molar-refractivity contribution in [3.8, 4) is 0 Å². The Morgan fingerprint density at radius 1 is 1.04 bits per heavy atom. The molecule has 2 nitrogen and oxygen atoms in total. The van der Waals surface area contributed by atoms with Gasteiger partial charge in [-0.15, -0.1) is 0 Å². The third-order valence-corrected chi connectivity index (χ3v) is 5.68. The van der Waals surface area contributed by atoms with Gasteiger partial charge in [0.1, 0.15) is 0 Å². The largest absolute Gasteiger partial charge is 0.296 e. The minimum absolute atomic E-state index is 0.0112. The third-order valence-electron chi connectivity index (χ3n) is 5.68. The van der Waals surface area contributed by atoms with Gasteiger partial charge in [0.05, 0.1) is 0 Å². The second-order valence-electron chi connectivity index (χ2n) is 9.45. The van der Waals surface area contributed by atoms with Crippen molar-refractivity contribution in [2.45, 2.75) is 77.8 Å². The van der Waals surface area contributed by atoms with Crippen molar-refractivity contribution in [1.82, 2.24) is 4.90 Å². The van der Waals surface area contributed by atoms with E-state index in [0.29, 0.717) is 5.78 Å². The summed E-state index contributed by atoms with van der Waals surface area (Å²) in [6.45, 7) is 15.6. The third kappa shape index (κ3) is 3.52. The molecule has 0 atom stereocenters. The van der Waals surface area contributed by atoms with E-state index in [9.17, 15) is 4.79 Å². The summed E-state index contributed by atoms with van der Waals surface area (Å²) in [7, 11) is 2.18. The minimum Gasteiger partial charge on any atom is -0.296 e. The van der Waals surface area contributed by atoms with Crippen LogP contribution in [-0.4, -0.2) is 28.8 Å². The zero-order valence-corrected chi connectivity index (χ0v) is 16.2. The highest BCUT2D eigenvalue weighted by Gasteiger charge is 2.45. The summed E-state index contributed by atoms with van der Waals surface area (Å²) in [5.74, 6) is 0.421. The number of carbonyl (C=O) groups excluding carboxylic acids is 1. The Hall–Kier alpha value is -1.15. The number of hydrogen-bond donors (Lipinski definition) is 0. The second kappa shape index (κ2) is 5.73. The van der Waals surface area contributed by atoms with Crippen LogP contribution in [0.5, 0.6) is 0 Å². The van der Waals surface area contributed by atoms with Gasteiger partial charge in [-0.1, -0.05) is 45.0 Å². The maximum atomic E-state index is 13.3. The Balaban J connectivity index is 2.39. The maximum Gasteiger partial charge on any atom is 0.166 e. The van der Waals surface area contributed by atoms with E-state index >= 15 is 0 Å². The first-order valence-corrected chi connectivity index (χ1v) is 8.74. The second-order valence-corrected chi connectivity index (χ2v) is 9.45. The predicted octanol–water partition coefficient (Wildman–Crippen LogP) is 5.07. The first kappa shape index (κ1) is 18.2. The Morgan fingerprint density at radius 3 is 2.00 bits per heavy atom. The minimum atomic E-state index is -0.0112. The monoisotopic (exact) mass is 315 g/mol. The van der Waals surface area contributed by atoms with Crippen LogP contribution in [0.4, 0.5) is 0 Å². The summed E-state index contributed by atoms with van der Waals surface area (Å²) in [5.41, 5.74) is 2.15. The van der Waals surface area contributed by atoms with E-state index in [-0.39, 0.29) is 22.4 Å². The van der Waals surface area contributed by atoms with Gasteiger partial charge in [-0.05, 0) is 58.6 Å². The molecule has 0 aliphatic carbocycles. The van der Waals surface area contributed by atoms with Crippen molar-refractivity contribution in [2.24, 2.45) is 5.92 Å². The van der Waals surface area contributed by atoms with Crippen molar-refractivity contribution < 1.29 is 4.79 Å². The molecule has 0 bridgehead atoms. The summed E-state index contributed by atoms with van der Waals surface area (Å²) in [6.07, 6.45) is 1.84. The molecule has 0 spiro atoms. The van der Waals surface area contributed by atoms with Crippen molar-refractivity contribution in [3.05, 3.63) is 35.4 Å². The Morgan fingerprint density at radius 2 is 1.52 bits per heavy atom. The van der Waals surface area contributed by atoms with Gasteiger partial charge < -0.3 is 0 Å². The van der Waals surface area contributed by atoms with E-state index in [2.05, 4.69) is 66.5 Å². The normalized spacial score (nSPS) is 22.1. The summed E-state index contributed by atoms with van der Waals surface area (Å²) in [6, 6.07) is 8.16. The highest BCUT2D eigenvalue weighted by atomic mass is 16.1. The standard InChI is InChI=1S/C21H33NO/c1-19(2,3)17-12-10-9-11-16(17)18(23)15-13-20(4,5)22(8)21(6,7)14-15/h9-12,15H,13-14H2,1-8H3. The number of piperidine rings is 1. The highest BCUT2D eigenvalue weighted by molar-refractivity contribution is 5.99. The molecule has 0 aromatic heterocycles. The summed E-state index contributed by atoms with van der Waals surface area (Å²) >= 11 is 0. The average Bonchev–Trinajstić information content (AvgIpc) is 2.42. The molecule has 1 aliphatic rings. The maximum absolute atomic E-state index is 13.3. The molecule has 0 N–H and O–H groups in total. The molecule has 1 heterocycles. The SMILES string of the molecule is CN1C(C)(C)CC(C(=O)c2ccccc2C(C)(C)C)CC1(C)C. The number of Topliss-reactive ketones (excluding diaryl/α,β-unsaturated/α-hetero) is 1. The fourth-order valence-electron chi connectivity index (χ4n) is 4.13. The summed E-state index contributed by atoms with van der Waals surface area (Å²) in [4.78, 5) is 15.8. The van der Waals surface area contributed by atoms with Crippen LogP contribution < -0.4 is 0 Å². The van der Waals surface area contributed by atoms with Crippen molar-refractivity contribution in [2.75, 3.05) is 7.05 Å². The fourth-order valence-corrected chi connectivity index (χ4v) is 4.13. The van der Waals surface area contributed by atoms with Crippen LogP contribution in [0.1, 0.15) is 77.2 Å². The molecule has 0 radical (unpaired) electrons. The zero-order chi connectivity index (χ0) is 17.6. The number of hydrogen-bond acceptors (Lipinski definition) is 2. The van der Waals surface area contributed by atoms with Crippen molar-refractivity contribution in [3.63, 3.8) is 0 Å². The molecule has 0 amide bonds. The van der Waals surface area contributed by atoms with Gasteiger partial charge in [-0.25, -0.2) is 0 Å². The molecule has 0 unspecified atom stereocenters. The van der Waals surface area contributed by atoms with Gasteiger partial charge >= 0.3 is 0 Å². The van der Waals surface area contributed by atoms with E-state index < -0.39 is 0 Å². The quantitative estimate of drug-likeness (QED) is 0.710. The number of likely N-dealkylation sites (tertiary alicyclic amines) is 1.